The number of hydrogen-bond donors (Lipinski definition) is 2. The first-order valence-corrected chi connectivity index (χ1v) is 6.30. The van der Waals surface area contributed by atoms with Gasteiger partial charge >= 0.3 is 0 Å². The van der Waals surface area contributed by atoms with Crippen LogP contribution in [0, 0.1) is 5.82 Å². The van der Waals surface area contributed by atoms with E-state index >= 15 is 0 Å². The molecular weight excluding hydrogens is 303 g/mol. The minimum Gasteiger partial charge on any atom is -0.383 e. The molecule has 0 radical (unpaired) electrons. The third-order valence-corrected chi connectivity index (χ3v) is 2.87. The molecule has 0 spiro atoms. The van der Waals surface area contributed by atoms with Crippen LogP contribution in [-0.4, -0.2) is 32.2 Å². The van der Waals surface area contributed by atoms with Crippen molar-refractivity contribution in [1.29, 1.82) is 0 Å². The zero-order chi connectivity index (χ0) is 13.5. The molecule has 0 aromatic heterocycles. The highest BCUT2D eigenvalue weighted by Crippen LogP contribution is 2.24. The molecule has 1 amide bonds. The number of nitrogens with one attached hydrogen (secondary N) is 2. The summed E-state index contributed by atoms with van der Waals surface area (Å²) < 4.78 is 18.9. The number of methoxy groups -OCH3 is 1. The fourth-order valence-electron chi connectivity index (χ4n) is 1.45. The van der Waals surface area contributed by atoms with Crippen molar-refractivity contribution in [1.82, 2.24) is 5.32 Å². The molecule has 4 nitrogen and oxygen atoms in total. The number of halogens is 2. The van der Waals surface area contributed by atoms with Crippen molar-refractivity contribution in [3.8, 4) is 0 Å². The second-order valence-electron chi connectivity index (χ2n) is 3.87. The number of para-hydroxylation sites is 1. The van der Waals surface area contributed by atoms with E-state index in [4.69, 9.17) is 4.74 Å². The zero-order valence-corrected chi connectivity index (χ0v) is 11.9. The molecule has 0 saturated heterocycles. The molecular formula is C12H16BrFN2O2. The summed E-state index contributed by atoms with van der Waals surface area (Å²) in [5.74, 6) is -0.614. The van der Waals surface area contributed by atoms with E-state index < -0.39 is 5.82 Å². The Balaban J connectivity index is 2.48. The van der Waals surface area contributed by atoms with Crippen LogP contribution in [-0.2, 0) is 9.53 Å². The third-order valence-electron chi connectivity index (χ3n) is 2.21. The van der Waals surface area contributed by atoms with E-state index in [1.54, 1.807) is 19.2 Å². The molecule has 0 bridgehead atoms. The van der Waals surface area contributed by atoms with Gasteiger partial charge in [-0.15, -0.1) is 0 Å². The van der Waals surface area contributed by atoms with Crippen LogP contribution in [0.3, 0.4) is 0 Å². The lowest BCUT2D eigenvalue weighted by Crippen LogP contribution is -2.39. The van der Waals surface area contributed by atoms with Crippen molar-refractivity contribution >= 4 is 27.5 Å². The summed E-state index contributed by atoms with van der Waals surface area (Å²) in [6.45, 7) is 2.28. The molecule has 1 rings (SSSR count). The quantitative estimate of drug-likeness (QED) is 0.845. The average Bonchev–Trinajstić information content (AvgIpc) is 2.28. The molecule has 18 heavy (non-hydrogen) atoms. The van der Waals surface area contributed by atoms with Crippen LogP contribution in [0.1, 0.15) is 6.92 Å². The Kier molecular flexibility index (Phi) is 6.07. The molecule has 0 aliphatic carbocycles. The Hall–Kier alpha value is -1.14. The molecule has 6 heteroatoms. The maximum atomic E-state index is 13.4. The standard InChI is InChI=1S/C12H16BrFN2O2/c1-8(7-18-2)16-11(17)6-15-12-9(13)4-3-5-10(12)14/h3-5,8,15H,6-7H2,1-2H3,(H,16,17). The maximum absolute atomic E-state index is 13.4. The normalized spacial score (nSPS) is 12.0. The number of carbonyl (C=O) groups is 1. The molecule has 100 valence electrons. The Morgan fingerprint density at radius 2 is 2.28 bits per heavy atom. The van der Waals surface area contributed by atoms with Crippen LogP contribution in [0.4, 0.5) is 10.1 Å². The van der Waals surface area contributed by atoms with Crippen LogP contribution in [0.2, 0.25) is 0 Å². The molecule has 0 aliphatic heterocycles. The van der Waals surface area contributed by atoms with E-state index in [2.05, 4.69) is 26.6 Å². The second-order valence-corrected chi connectivity index (χ2v) is 4.73. The van der Waals surface area contributed by atoms with Gasteiger partial charge in [-0.1, -0.05) is 6.07 Å². The molecule has 0 heterocycles. The van der Waals surface area contributed by atoms with Gasteiger partial charge in [0, 0.05) is 17.6 Å². The van der Waals surface area contributed by atoms with Crippen LogP contribution < -0.4 is 10.6 Å². The molecule has 1 atom stereocenters. The summed E-state index contributed by atoms with van der Waals surface area (Å²) in [6.07, 6.45) is 0. The van der Waals surface area contributed by atoms with E-state index in [0.29, 0.717) is 11.1 Å². The van der Waals surface area contributed by atoms with Gasteiger partial charge in [-0.05, 0) is 35.0 Å². The van der Waals surface area contributed by atoms with Crippen molar-refractivity contribution < 1.29 is 13.9 Å². The first kappa shape index (κ1) is 14.9. The minimum absolute atomic E-state index is 0.00753. The summed E-state index contributed by atoms with van der Waals surface area (Å²) in [5.41, 5.74) is 0.284. The van der Waals surface area contributed by atoms with Gasteiger partial charge in [-0.3, -0.25) is 4.79 Å². The first-order valence-electron chi connectivity index (χ1n) is 5.50. The average molecular weight is 319 g/mol. The summed E-state index contributed by atoms with van der Waals surface area (Å²) in [4.78, 5) is 11.6. The number of hydrogen-bond acceptors (Lipinski definition) is 3. The monoisotopic (exact) mass is 318 g/mol. The van der Waals surface area contributed by atoms with Gasteiger partial charge < -0.3 is 15.4 Å². The molecule has 0 saturated carbocycles. The number of ether oxygens (including phenoxy) is 1. The summed E-state index contributed by atoms with van der Waals surface area (Å²) in [7, 11) is 1.57. The molecule has 2 N–H and O–H groups in total. The Morgan fingerprint density at radius 3 is 2.89 bits per heavy atom. The predicted molar refractivity (Wildman–Crippen MR) is 72.1 cm³/mol. The SMILES string of the molecule is COCC(C)NC(=O)CNc1c(F)cccc1Br. The van der Waals surface area contributed by atoms with Crippen molar-refractivity contribution in [3.63, 3.8) is 0 Å². The molecule has 0 aliphatic rings. The maximum Gasteiger partial charge on any atom is 0.239 e. The van der Waals surface area contributed by atoms with Crippen molar-refractivity contribution in [2.24, 2.45) is 0 Å². The van der Waals surface area contributed by atoms with E-state index in [1.807, 2.05) is 6.92 Å². The molecule has 1 unspecified atom stereocenters. The van der Waals surface area contributed by atoms with E-state index in [0.717, 1.165) is 0 Å². The fraction of sp³-hybridized carbons (Fsp3) is 0.417. The Labute approximate surface area is 114 Å². The summed E-state index contributed by atoms with van der Waals surface area (Å²) >= 11 is 3.22. The van der Waals surface area contributed by atoms with Gasteiger partial charge in [0.15, 0.2) is 0 Å². The highest BCUT2D eigenvalue weighted by molar-refractivity contribution is 9.10. The summed E-state index contributed by atoms with van der Waals surface area (Å²) in [5, 5.41) is 5.48. The molecule has 1 aromatic carbocycles. The van der Waals surface area contributed by atoms with E-state index in [-0.39, 0.29) is 24.2 Å². The minimum atomic E-state index is -0.401. The number of anilines is 1. The number of rotatable bonds is 6. The van der Waals surface area contributed by atoms with E-state index in [9.17, 15) is 9.18 Å². The number of amides is 1. The number of benzene rings is 1. The largest absolute Gasteiger partial charge is 0.383 e. The Morgan fingerprint density at radius 1 is 1.56 bits per heavy atom. The lowest BCUT2D eigenvalue weighted by molar-refractivity contribution is -0.120. The van der Waals surface area contributed by atoms with Crippen LogP contribution in [0.25, 0.3) is 0 Å². The highest BCUT2D eigenvalue weighted by atomic mass is 79.9. The lowest BCUT2D eigenvalue weighted by atomic mass is 10.3. The van der Waals surface area contributed by atoms with Gasteiger partial charge in [-0.25, -0.2) is 4.39 Å². The lowest BCUT2D eigenvalue weighted by Gasteiger charge is -2.14. The topological polar surface area (TPSA) is 50.4 Å². The predicted octanol–water partition coefficient (Wildman–Crippen LogP) is 2.15. The van der Waals surface area contributed by atoms with Gasteiger partial charge in [0.05, 0.1) is 18.8 Å². The van der Waals surface area contributed by atoms with Crippen LogP contribution >= 0.6 is 15.9 Å². The van der Waals surface area contributed by atoms with E-state index in [1.165, 1.54) is 6.07 Å². The van der Waals surface area contributed by atoms with Gasteiger partial charge in [-0.2, -0.15) is 0 Å². The highest BCUT2D eigenvalue weighted by Gasteiger charge is 2.10. The fourth-order valence-corrected chi connectivity index (χ4v) is 1.94. The smallest absolute Gasteiger partial charge is 0.239 e. The second kappa shape index (κ2) is 7.33. The molecule has 0 fully saturated rings. The van der Waals surface area contributed by atoms with Crippen LogP contribution in [0.15, 0.2) is 22.7 Å². The summed E-state index contributed by atoms with van der Waals surface area (Å²) in [6, 6.07) is 4.55. The first-order chi connectivity index (χ1) is 8.54. The number of carbonyl (C=O) groups excluding carboxylic acids is 1. The zero-order valence-electron chi connectivity index (χ0n) is 10.3. The van der Waals surface area contributed by atoms with Crippen molar-refractivity contribution in [2.75, 3.05) is 25.6 Å². The van der Waals surface area contributed by atoms with Gasteiger partial charge in [0.2, 0.25) is 5.91 Å². The van der Waals surface area contributed by atoms with Crippen molar-refractivity contribution in [2.45, 2.75) is 13.0 Å². The Bertz CT molecular complexity index is 395. The third kappa shape index (κ3) is 4.62. The molecule has 1 aromatic rings. The van der Waals surface area contributed by atoms with Gasteiger partial charge in [0.25, 0.3) is 0 Å². The van der Waals surface area contributed by atoms with Crippen molar-refractivity contribution in [3.05, 3.63) is 28.5 Å². The van der Waals surface area contributed by atoms with Gasteiger partial charge in [0.1, 0.15) is 5.82 Å². The van der Waals surface area contributed by atoms with Crippen LogP contribution in [0.5, 0.6) is 0 Å².